The molecule has 17 heavy (non-hydrogen) atoms. The van der Waals surface area contributed by atoms with Gasteiger partial charge in [-0.2, -0.15) is 0 Å². The molecule has 6 nitrogen and oxygen atoms in total. The number of hydrogen-bond donors (Lipinski definition) is 1. The van der Waals surface area contributed by atoms with Gasteiger partial charge < -0.3 is 14.4 Å². The number of aromatic nitrogens is 1. The van der Waals surface area contributed by atoms with E-state index in [0.717, 1.165) is 0 Å². The zero-order chi connectivity index (χ0) is 13.2. The third kappa shape index (κ3) is 3.05. The van der Waals surface area contributed by atoms with Gasteiger partial charge in [-0.3, -0.25) is 9.59 Å². The van der Waals surface area contributed by atoms with E-state index in [9.17, 15) is 9.59 Å². The van der Waals surface area contributed by atoms with Gasteiger partial charge in [0.25, 0.3) is 5.89 Å². The normalized spacial score (nSPS) is 12.2. The van der Waals surface area contributed by atoms with Crippen LogP contribution >= 0.6 is 0 Å². The third-order valence-corrected chi connectivity index (χ3v) is 2.53. The molecule has 94 valence electrons. The van der Waals surface area contributed by atoms with Crippen molar-refractivity contribution in [3.05, 3.63) is 17.3 Å². The molecular weight excluding hydrogens is 224 g/mol. The van der Waals surface area contributed by atoms with Crippen molar-refractivity contribution in [2.45, 2.75) is 20.8 Å². The SMILES string of the molecule is Cc1nc(C(=O)N(C)CC(C)C(=O)O)oc1C. The van der Waals surface area contributed by atoms with Crippen molar-refractivity contribution in [2.75, 3.05) is 13.6 Å². The lowest BCUT2D eigenvalue weighted by Crippen LogP contribution is -2.33. The molecule has 0 aliphatic rings. The largest absolute Gasteiger partial charge is 0.481 e. The van der Waals surface area contributed by atoms with Gasteiger partial charge in [0.1, 0.15) is 5.76 Å². The highest BCUT2D eigenvalue weighted by molar-refractivity contribution is 5.89. The van der Waals surface area contributed by atoms with Gasteiger partial charge in [-0.05, 0) is 13.8 Å². The molecule has 1 amide bonds. The Kier molecular flexibility index (Phi) is 3.88. The van der Waals surface area contributed by atoms with Crippen molar-refractivity contribution in [2.24, 2.45) is 5.92 Å². The van der Waals surface area contributed by atoms with Crippen LogP contribution in [0.2, 0.25) is 0 Å². The number of carboxylic acids is 1. The smallest absolute Gasteiger partial charge is 0.309 e. The van der Waals surface area contributed by atoms with Gasteiger partial charge in [-0.25, -0.2) is 4.98 Å². The molecule has 1 atom stereocenters. The van der Waals surface area contributed by atoms with Crippen LogP contribution in [-0.4, -0.2) is 40.5 Å². The third-order valence-electron chi connectivity index (χ3n) is 2.53. The number of carbonyl (C=O) groups is 2. The molecule has 1 aromatic rings. The Hall–Kier alpha value is -1.85. The Morgan fingerprint density at radius 1 is 1.47 bits per heavy atom. The zero-order valence-electron chi connectivity index (χ0n) is 10.4. The van der Waals surface area contributed by atoms with Gasteiger partial charge in [0.15, 0.2) is 0 Å². The van der Waals surface area contributed by atoms with Crippen molar-refractivity contribution in [3.63, 3.8) is 0 Å². The van der Waals surface area contributed by atoms with Gasteiger partial charge in [0.05, 0.1) is 11.6 Å². The summed E-state index contributed by atoms with van der Waals surface area (Å²) in [6.07, 6.45) is 0. The van der Waals surface area contributed by atoms with Crippen molar-refractivity contribution < 1.29 is 19.1 Å². The predicted octanol–water partition coefficient (Wildman–Crippen LogP) is 1.08. The van der Waals surface area contributed by atoms with Crippen molar-refractivity contribution in [3.8, 4) is 0 Å². The molecule has 1 unspecified atom stereocenters. The minimum atomic E-state index is -0.940. The average Bonchev–Trinajstić information content (AvgIpc) is 2.57. The minimum absolute atomic E-state index is 0.0000822. The number of hydrogen-bond acceptors (Lipinski definition) is 4. The molecule has 1 heterocycles. The number of carboxylic acid groups (broad SMARTS) is 1. The van der Waals surface area contributed by atoms with Crippen molar-refractivity contribution >= 4 is 11.9 Å². The topological polar surface area (TPSA) is 83.6 Å². The maximum Gasteiger partial charge on any atom is 0.309 e. The molecule has 0 saturated heterocycles. The van der Waals surface area contributed by atoms with Crippen LogP contribution in [0, 0.1) is 19.8 Å². The summed E-state index contributed by atoms with van der Waals surface area (Å²) in [6, 6.07) is 0. The molecule has 6 heteroatoms. The highest BCUT2D eigenvalue weighted by Gasteiger charge is 2.22. The fraction of sp³-hybridized carbons (Fsp3) is 0.545. The molecule has 1 rings (SSSR count). The molecule has 1 N–H and O–H groups in total. The van der Waals surface area contributed by atoms with Crippen LogP contribution in [0.3, 0.4) is 0 Å². The van der Waals surface area contributed by atoms with E-state index in [0.29, 0.717) is 11.5 Å². The van der Waals surface area contributed by atoms with E-state index in [-0.39, 0.29) is 12.4 Å². The Labute approximate surface area is 99.2 Å². The van der Waals surface area contributed by atoms with Crippen molar-refractivity contribution in [1.82, 2.24) is 9.88 Å². The highest BCUT2D eigenvalue weighted by atomic mass is 16.4. The lowest BCUT2D eigenvalue weighted by molar-refractivity contribution is -0.141. The number of nitrogens with zero attached hydrogens (tertiary/aromatic N) is 2. The summed E-state index contributed by atoms with van der Waals surface area (Å²) in [6.45, 7) is 5.13. The van der Waals surface area contributed by atoms with E-state index in [1.165, 1.54) is 18.9 Å². The summed E-state index contributed by atoms with van der Waals surface area (Å²) in [4.78, 5) is 27.8. The van der Waals surface area contributed by atoms with Crippen molar-refractivity contribution in [1.29, 1.82) is 0 Å². The standard InChI is InChI=1S/C11H16N2O4/c1-6(11(15)16)5-13(4)10(14)9-12-7(2)8(3)17-9/h6H,5H2,1-4H3,(H,15,16). The highest BCUT2D eigenvalue weighted by Crippen LogP contribution is 2.11. The zero-order valence-corrected chi connectivity index (χ0v) is 10.4. The van der Waals surface area contributed by atoms with E-state index in [4.69, 9.17) is 9.52 Å². The summed E-state index contributed by atoms with van der Waals surface area (Å²) in [7, 11) is 1.52. The van der Waals surface area contributed by atoms with Gasteiger partial charge in [0, 0.05) is 13.6 Å². The van der Waals surface area contributed by atoms with E-state index >= 15 is 0 Å². The van der Waals surface area contributed by atoms with Crippen LogP contribution in [-0.2, 0) is 4.79 Å². The Balaban J connectivity index is 2.73. The number of rotatable bonds is 4. The molecular formula is C11H16N2O4. The first-order valence-electron chi connectivity index (χ1n) is 5.25. The fourth-order valence-corrected chi connectivity index (χ4v) is 1.30. The molecule has 0 fully saturated rings. The average molecular weight is 240 g/mol. The number of oxazole rings is 1. The Bertz CT molecular complexity index is 419. The van der Waals surface area contributed by atoms with Crippen LogP contribution in [0.4, 0.5) is 0 Å². The second kappa shape index (κ2) is 4.99. The van der Waals surface area contributed by atoms with Gasteiger partial charge in [-0.1, -0.05) is 6.92 Å². The predicted molar refractivity (Wildman–Crippen MR) is 59.7 cm³/mol. The first kappa shape index (κ1) is 13.2. The van der Waals surface area contributed by atoms with E-state index < -0.39 is 17.8 Å². The van der Waals surface area contributed by atoms with Crippen LogP contribution in [0.15, 0.2) is 4.42 Å². The quantitative estimate of drug-likeness (QED) is 0.851. The van der Waals surface area contributed by atoms with Crippen LogP contribution in [0.5, 0.6) is 0 Å². The number of aryl methyl sites for hydroxylation is 2. The van der Waals surface area contributed by atoms with E-state index in [1.54, 1.807) is 13.8 Å². The summed E-state index contributed by atoms with van der Waals surface area (Å²) in [5.74, 6) is -1.38. The lowest BCUT2D eigenvalue weighted by Gasteiger charge is -2.17. The van der Waals surface area contributed by atoms with Crippen LogP contribution in [0.25, 0.3) is 0 Å². The summed E-state index contributed by atoms with van der Waals surface area (Å²) in [5, 5.41) is 8.75. The lowest BCUT2D eigenvalue weighted by atomic mass is 10.2. The first-order valence-corrected chi connectivity index (χ1v) is 5.25. The van der Waals surface area contributed by atoms with Crippen LogP contribution in [0.1, 0.15) is 29.1 Å². The maximum absolute atomic E-state index is 11.8. The van der Waals surface area contributed by atoms with Gasteiger partial charge in [0.2, 0.25) is 0 Å². The molecule has 0 radical (unpaired) electrons. The Morgan fingerprint density at radius 2 is 2.06 bits per heavy atom. The monoisotopic (exact) mass is 240 g/mol. The van der Waals surface area contributed by atoms with Crippen LogP contribution < -0.4 is 0 Å². The van der Waals surface area contributed by atoms with E-state index in [1.807, 2.05) is 0 Å². The molecule has 0 spiro atoms. The molecule has 0 aromatic carbocycles. The van der Waals surface area contributed by atoms with Gasteiger partial charge in [-0.15, -0.1) is 0 Å². The second-order valence-corrected chi connectivity index (χ2v) is 4.09. The fourth-order valence-electron chi connectivity index (χ4n) is 1.30. The molecule has 0 bridgehead atoms. The first-order chi connectivity index (χ1) is 7.82. The summed E-state index contributed by atoms with van der Waals surface area (Å²) in [5.41, 5.74) is 0.660. The molecule has 0 aliphatic heterocycles. The number of amides is 1. The number of aliphatic carboxylic acids is 1. The molecule has 0 saturated carbocycles. The molecule has 1 aromatic heterocycles. The van der Waals surface area contributed by atoms with Gasteiger partial charge >= 0.3 is 11.9 Å². The Morgan fingerprint density at radius 3 is 2.47 bits per heavy atom. The minimum Gasteiger partial charge on any atom is -0.481 e. The number of carbonyl (C=O) groups excluding carboxylic acids is 1. The molecule has 0 aliphatic carbocycles. The summed E-state index contributed by atoms with van der Waals surface area (Å²) < 4.78 is 5.19. The summed E-state index contributed by atoms with van der Waals surface area (Å²) >= 11 is 0. The maximum atomic E-state index is 11.8. The second-order valence-electron chi connectivity index (χ2n) is 4.09. The van der Waals surface area contributed by atoms with E-state index in [2.05, 4.69) is 4.98 Å².